The molecule has 1 aliphatic carbocycles. The molecule has 0 aliphatic heterocycles. The van der Waals surface area contributed by atoms with Crippen molar-refractivity contribution >= 4 is 21.6 Å². The van der Waals surface area contributed by atoms with Gasteiger partial charge in [0, 0.05) is 12.4 Å². The molecular weight excluding hydrogens is 222 g/mol. The minimum Gasteiger partial charge on any atom is -0.214 e. The van der Waals surface area contributed by atoms with E-state index in [4.69, 9.17) is 11.6 Å². The first-order chi connectivity index (χ1) is 6.37. The van der Waals surface area contributed by atoms with Gasteiger partial charge in [-0.15, -0.1) is 11.6 Å². The summed E-state index contributed by atoms with van der Waals surface area (Å²) in [6.45, 7) is 4.52. The Morgan fingerprint density at radius 1 is 1.43 bits per heavy atom. The molecule has 0 amide bonds. The van der Waals surface area contributed by atoms with Crippen LogP contribution in [-0.4, -0.2) is 26.1 Å². The third-order valence-electron chi connectivity index (χ3n) is 2.49. The lowest BCUT2D eigenvalue weighted by atomic mass is 9.91. The van der Waals surface area contributed by atoms with E-state index in [1.807, 2.05) is 13.8 Å². The third-order valence-corrected chi connectivity index (χ3v) is 4.57. The van der Waals surface area contributed by atoms with Gasteiger partial charge in [0.1, 0.15) is 0 Å². The first-order valence-electron chi connectivity index (χ1n) is 4.92. The van der Waals surface area contributed by atoms with Crippen LogP contribution in [0, 0.1) is 5.41 Å². The number of sulfonamides is 1. The van der Waals surface area contributed by atoms with Crippen molar-refractivity contribution in [2.45, 2.75) is 38.4 Å². The van der Waals surface area contributed by atoms with Crippen molar-refractivity contribution in [1.29, 1.82) is 0 Å². The second-order valence-electron chi connectivity index (χ2n) is 4.67. The first-order valence-corrected chi connectivity index (χ1v) is 7.00. The van der Waals surface area contributed by atoms with E-state index < -0.39 is 10.0 Å². The van der Waals surface area contributed by atoms with Gasteiger partial charge in [0.05, 0.1) is 5.25 Å². The Kier molecular flexibility index (Phi) is 3.83. The van der Waals surface area contributed by atoms with Crippen LogP contribution in [0.4, 0.5) is 0 Å². The first kappa shape index (κ1) is 12.3. The van der Waals surface area contributed by atoms with Gasteiger partial charge in [-0.25, -0.2) is 13.1 Å². The maximum absolute atomic E-state index is 11.5. The zero-order chi connectivity index (χ0) is 10.8. The average Bonchev–Trinajstić information content (AvgIpc) is 2.83. The number of halogens is 1. The van der Waals surface area contributed by atoms with Gasteiger partial charge in [-0.1, -0.05) is 13.8 Å². The van der Waals surface area contributed by atoms with E-state index in [-0.39, 0.29) is 10.7 Å². The van der Waals surface area contributed by atoms with Crippen molar-refractivity contribution in [2.75, 3.05) is 12.4 Å². The maximum atomic E-state index is 11.5. The van der Waals surface area contributed by atoms with Gasteiger partial charge < -0.3 is 0 Å². The highest BCUT2D eigenvalue weighted by Crippen LogP contribution is 2.28. The average molecular weight is 240 g/mol. The largest absolute Gasteiger partial charge is 0.214 e. The van der Waals surface area contributed by atoms with E-state index in [0.717, 1.165) is 19.3 Å². The molecule has 0 saturated heterocycles. The van der Waals surface area contributed by atoms with Crippen LogP contribution >= 0.6 is 11.6 Å². The minimum absolute atomic E-state index is 0.0519. The van der Waals surface area contributed by atoms with Gasteiger partial charge in [-0.05, 0) is 24.7 Å². The van der Waals surface area contributed by atoms with E-state index in [2.05, 4.69) is 4.72 Å². The molecule has 0 atom stereocenters. The summed E-state index contributed by atoms with van der Waals surface area (Å²) in [5.41, 5.74) is -0.0519. The Labute approximate surface area is 91.3 Å². The summed E-state index contributed by atoms with van der Waals surface area (Å²) in [5.74, 6) is 0.568. The lowest BCUT2D eigenvalue weighted by Gasteiger charge is -2.23. The molecule has 0 aromatic carbocycles. The highest BCUT2D eigenvalue weighted by molar-refractivity contribution is 7.90. The molecule has 0 spiro atoms. The molecule has 0 aromatic heterocycles. The Morgan fingerprint density at radius 2 is 2.00 bits per heavy atom. The van der Waals surface area contributed by atoms with Crippen molar-refractivity contribution in [3.05, 3.63) is 0 Å². The van der Waals surface area contributed by atoms with Gasteiger partial charge in [0.2, 0.25) is 10.0 Å². The summed E-state index contributed by atoms with van der Waals surface area (Å²) >= 11 is 5.63. The molecular formula is C9H18ClNO2S. The summed E-state index contributed by atoms with van der Waals surface area (Å²) in [5, 5.41) is -0.130. The molecule has 1 fully saturated rings. The minimum atomic E-state index is -3.03. The van der Waals surface area contributed by atoms with E-state index in [1.54, 1.807) is 0 Å². The van der Waals surface area contributed by atoms with Crippen LogP contribution in [0.25, 0.3) is 0 Å². The van der Waals surface area contributed by atoms with E-state index in [9.17, 15) is 8.42 Å². The molecule has 0 radical (unpaired) electrons. The summed E-state index contributed by atoms with van der Waals surface area (Å²) in [7, 11) is -3.03. The van der Waals surface area contributed by atoms with Gasteiger partial charge in [0.25, 0.3) is 0 Å². The molecule has 1 saturated carbocycles. The van der Waals surface area contributed by atoms with Crippen molar-refractivity contribution in [3.8, 4) is 0 Å². The SMILES string of the molecule is CC(C)(CCCl)CNS(=O)(=O)C1CC1. The Morgan fingerprint density at radius 3 is 2.43 bits per heavy atom. The third kappa shape index (κ3) is 3.75. The van der Waals surface area contributed by atoms with Crippen LogP contribution in [0.5, 0.6) is 0 Å². The molecule has 0 unspecified atom stereocenters. The molecule has 0 bridgehead atoms. The number of alkyl halides is 1. The monoisotopic (exact) mass is 239 g/mol. The molecule has 1 rings (SSSR count). The van der Waals surface area contributed by atoms with Crippen molar-refractivity contribution < 1.29 is 8.42 Å². The fraction of sp³-hybridized carbons (Fsp3) is 1.00. The van der Waals surface area contributed by atoms with Crippen LogP contribution < -0.4 is 4.72 Å². The normalized spacial score (nSPS) is 18.5. The Balaban J connectivity index is 2.39. The van der Waals surface area contributed by atoms with Crippen molar-refractivity contribution in [2.24, 2.45) is 5.41 Å². The summed E-state index contributed by atoms with van der Waals surface area (Å²) in [6, 6.07) is 0. The van der Waals surface area contributed by atoms with Crippen LogP contribution in [0.2, 0.25) is 0 Å². The molecule has 84 valence electrons. The highest BCUT2D eigenvalue weighted by Gasteiger charge is 2.36. The molecule has 5 heteroatoms. The van der Waals surface area contributed by atoms with Gasteiger partial charge in [0.15, 0.2) is 0 Å². The number of hydrogen-bond acceptors (Lipinski definition) is 2. The number of nitrogens with one attached hydrogen (secondary N) is 1. The predicted molar refractivity (Wildman–Crippen MR) is 59.1 cm³/mol. The van der Waals surface area contributed by atoms with Crippen molar-refractivity contribution in [3.63, 3.8) is 0 Å². The molecule has 1 aliphatic rings. The smallest absolute Gasteiger partial charge is 0.214 e. The van der Waals surface area contributed by atoms with Gasteiger partial charge in [-0.2, -0.15) is 0 Å². The second-order valence-corrected chi connectivity index (χ2v) is 7.09. The molecule has 0 aromatic rings. The van der Waals surface area contributed by atoms with Crippen LogP contribution in [0.15, 0.2) is 0 Å². The lowest BCUT2D eigenvalue weighted by Crippen LogP contribution is -2.36. The van der Waals surface area contributed by atoms with E-state index in [0.29, 0.717) is 12.4 Å². The standard InChI is InChI=1S/C9H18ClNO2S/c1-9(2,5-6-10)7-11-14(12,13)8-3-4-8/h8,11H,3-7H2,1-2H3. The highest BCUT2D eigenvalue weighted by atomic mass is 35.5. The van der Waals surface area contributed by atoms with Gasteiger partial charge in [-0.3, -0.25) is 0 Å². The topological polar surface area (TPSA) is 46.2 Å². The second kappa shape index (κ2) is 4.37. The molecule has 3 nitrogen and oxygen atoms in total. The predicted octanol–water partition coefficient (Wildman–Crippen LogP) is 1.72. The fourth-order valence-corrected chi connectivity index (χ4v) is 3.23. The zero-order valence-electron chi connectivity index (χ0n) is 8.72. The lowest BCUT2D eigenvalue weighted by molar-refractivity contribution is 0.352. The fourth-order valence-electron chi connectivity index (χ4n) is 1.14. The molecule has 14 heavy (non-hydrogen) atoms. The Hall–Kier alpha value is 0.200. The van der Waals surface area contributed by atoms with Crippen LogP contribution in [0.3, 0.4) is 0 Å². The maximum Gasteiger partial charge on any atom is 0.214 e. The Bertz CT molecular complexity index is 283. The van der Waals surface area contributed by atoms with Crippen molar-refractivity contribution in [1.82, 2.24) is 4.72 Å². The number of hydrogen-bond donors (Lipinski definition) is 1. The van der Waals surface area contributed by atoms with Gasteiger partial charge >= 0.3 is 0 Å². The van der Waals surface area contributed by atoms with Crippen LogP contribution in [-0.2, 0) is 10.0 Å². The zero-order valence-corrected chi connectivity index (χ0v) is 10.3. The summed E-state index contributed by atoms with van der Waals surface area (Å²) in [6.07, 6.45) is 2.44. The summed E-state index contributed by atoms with van der Waals surface area (Å²) < 4.78 is 25.7. The summed E-state index contributed by atoms with van der Waals surface area (Å²) in [4.78, 5) is 0. The van der Waals surface area contributed by atoms with E-state index >= 15 is 0 Å². The molecule has 0 heterocycles. The molecule has 1 N–H and O–H groups in total. The number of rotatable bonds is 6. The van der Waals surface area contributed by atoms with Crippen LogP contribution in [0.1, 0.15) is 33.1 Å². The quantitative estimate of drug-likeness (QED) is 0.718. The van der Waals surface area contributed by atoms with E-state index in [1.165, 1.54) is 0 Å².